The number of aliphatic carboxylic acids is 2. The summed E-state index contributed by atoms with van der Waals surface area (Å²) in [5, 5.41) is 17.3. The SMILES string of the molecule is O=C(O)C(=O)O.O=C(c1cccc(Cl)c1)N1CCN(C(=O)c2cccc3ccccc23)CC1. The smallest absolute Gasteiger partial charge is 0.414 e. The lowest BCUT2D eigenvalue weighted by molar-refractivity contribution is -0.159. The van der Waals surface area contributed by atoms with Gasteiger partial charge in [-0.1, -0.05) is 54.1 Å². The number of piperazine rings is 1. The van der Waals surface area contributed by atoms with Gasteiger partial charge in [-0.3, -0.25) is 9.59 Å². The van der Waals surface area contributed by atoms with Gasteiger partial charge in [-0.2, -0.15) is 0 Å². The van der Waals surface area contributed by atoms with Gasteiger partial charge in [0.25, 0.3) is 11.8 Å². The van der Waals surface area contributed by atoms with Gasteiger partial charge < -0.3 is 20.0 Å². The molecule has 8 nitrogen and oxygen atoms in total. The normalized spacial score (nSPS) is 13.1. The first-order valence-corrected chi connectivity index (χ1v) is 10.4. The predicted molar refractivity (Wildman–Crippen MR) is 122 cm³/mol. The molecule has 1 fully saturated rings. The van der Waals surface area contributed by atoms with Crippen LogP contribution in [0.3, 0.4) is 0 Å². The maximum atomic E-state index is 13.0. The van der Waals surface area contributed by atoms with Crippen LogP contribution in [0.25, 0.3) is 10.8 Å². The van der Waals surface area contributed by atoms with E-state index in [0.29, 0.717) is 42.3 Å². The number of amides is 2. The average molecular weight is 469 g/mol. The van der Waals surface area contributed by atoms with Crippen molar-refractivity contribution < 1.29 is 29.4 Å². The van der Waals surface area contributed by atoms with Crippen LogP contribution in [-0.2, 0) is 9.59 Å². The van der Waals surface area contributed by atoms with Crippen LogP contribution in [0.4, 0.5) is 0 Å². The minimum absolute atomic E-state index is 0.0154. The minimum atomic E-state index is -1.82. The van der Waals surface area contributed by atoms with Crippen LogP contribution in [0.5, 0.6) is 0 Å². The molecule has 0 unspecified atom stereocenters. The zero-order valence-corrected chi connectivity index (χ0v) is 18.2. The van der Waals surface area contributed by atoms with Gasteiger partial charge in [-0.15, -0.1) is 0 Å². The van der Waals surface area contributed by atoms with E-state index in [4.69, 9.17) is 31.4 Å². The Balaban J connectivity index is 0.000000454. The molecule has 170 valence electrons. The maximum Gasteiger partial charge on any atom is 0.414 e. The van der Waals surface area contributed by atoms with Gasteiger partial charge in [0.1, 0.15) is 0 Å². The third kappa shape index (κ3) is 5.87. The first kappa shape index (κ1) is 23.7. The summed E-state index contributed by atoms with van der Waals surface area (Å²) < 4.78 is 0. The number of nitrogens with zero attached hydrogens (tertiary/aromatic N) is 2. The zero-order valence-electron chi connectivity index (χ0n) is 17.5. The molecule has 0 bridgehead atoms. The Morgan fingerprint density at radius 2 is 1.24 bits per heavy atom. The molecule has 9 heteroatoms. The largest absolute Gasteiger partial charge is 0.473 e. The van der Waals surface area contributed by atoms with Gasteiger partial charge in [-0.25, -0.2) is 9.59 Å². The van der Waals surface area contributed by atoms with Crippen molar-refractivity contribution in [3.8, 4) is 0 Å². The van der Waals surface area contributed by atoms with Crippen LogP contribution in [0.2, 0.25) is 5.02 Å². The molecule has 1 aliphatic heterocycles. The Bertz CT molecular complexity index is 1190. The lowest BCUT2D eigenvalue weighted by atomic mass is 10.0. The molecular weight excluding hydrogens is 448 g/mol. The molecule has 1 saturated heterocycles. The second kappa shape index (κ2) is 10.6. The minimum Gasteiger partial charge on any atom is -0.473 e. The fourth-order valence-electron chi connectivity index (χ4n) is 3.50. The number of carboxylic acid groups (broad SMARTS) is 2. The number of carbonyl (C=O) groups excluding carboxylic acids is 2. The van der Waals surface area contributed by atoms with E-state index in [9.17, 15) is 9.59 Å². The molecule has 3 aromatic carbocycles. The van der Waals surface area contributed by atoms with Crippen molar-refractivity contribution in [1.82, 2.24) is 9.80 Å². The summed E-state index contributed by atoms with van der Waals surface area (Å²) in [6.07, 6.45) is 0. The summed E-state index contributed by atoms with van der Waals surface area (Å²) in [7, 11) is 0. The van der Waals surface area contributed by atoms with Crippen LogP contribution in [0, 0.1) is 0 Å². The van der Waals surface area contributed by atoms with E-state index >= 15 is 0 Å². The Kier molecular flexibility index (Phi) is 7.63. The van der Waals surface area contributed by atoms with Gasteiger partial charge in [-0.05, 0) is 35.0 Å². The van der Waals surface area contributed by atoms with Crippen LogP contribution in [-0.4, -0.2) is 69.9 Å². The van der Waals surface area contributed by atoms with E-state index in [-0.39, 0.29) is 11.8 Å². The number of halogens is 1. The van der Waals surface area contributed by atoms with Gasteiger partial charge in [0, 0.05) is 42.3 Å². The molecule has 33 heavy (non-hydrogen) atoms. The maximum absolute atomic E-state index is 13.0. The number of carbonyl (C=O) groups is 4. The highest BCUT2D eigenvalue weighted by atomic mass is 35.5. The second-order valence-electron chi connectivity index (χ2n) is 7.23. The molecular formula is C24H21ClN2O6. The molecule has 0 radical (unpaired) electrons. The zero-order chi connectivity index (χ0) is 24.0. The van der Waals surface area contributed by atoms with Crippen molar-refractivity contribution in [3.05, 3.63) is 82.9 Å². The molecule has 2 amide bonds. The van der Waals surface area contributed by atoms with Gasteiger partial charge >= 0.3 is 11.9 Å². The topological polar surface area (TPSA) is 115 Å². The fraction of sp³-hybridized carbons (Fsp3) is 0.167. The highest BCUT2D eigenvalue weighted by Crippen LogP contribution is 2.21. The summed E-state index contributed by atoms with van der Waals surface area (Å²) in [5.41, 5.74) is 1.29. The van der Waals surface area contributed by atoms with Crippen molar-refractivity contribution in [2.24, 2.45) is 0 Å². The van der Waals surface area contributed by atoms with E-state index in [1.54, 1.807) is 29.2 Å². The molecule has 1 aliphatic rings. The standard InChI is InChI=1S/C22H19ClN2O2.C2H2O4/c23-18-8-3-7-17(15-18)21(26)24-11-13-25(14-12-24)22(27)20-10-4-6-16-5-1-2-9-19(16)20;3-1(4)2(5)6/h1-10,15H,11-14H2;(H,3,4)(H,5,6). The first-order chi connectivity index (χ1) is 15.8. The number of hydrogen-bond donors (Lipinski definition) is 2. The van der Waals surface area contributed by atoms with E-state index in [1.165, 1.54) is 0 Å². The fourth-order valence-corrected chi connectivity index (χ4v) is 3.69. The molecule has 0 spiro atoms. The lowest BCUT2D eigenvalue weighted by Crippen LogP contribution is -2.50. The summed E-state index contributed by atoms with van der Waals surface area (Å²) >= 11 is 5.98. The molecule has 1 heterocycles. The van der Waals surface area contributed by atoms with Gasteiger partial charge in [0.15, 0.2) is 0 Å². The highest BCUT2D eigenvalue weighted by Gasteiger charge is 2.26. The second-order valence-corrected chi connectivity index (χ2v) is 7.67. The quantitative estimate of drug-likeness (QED) is 0.558. The summed E-state index contributed by atoms with van der Waals surface area (Å²) in [5.74, 6) is -3.68. The average Bonchev–Trinajstić information content (AvgIpc) is 2.83. The molecule has 0 aliphatic carbocycles. The van der Waals surface area contributed by atoms with Gasteiger partial charge in [0.2, 0.25) is 0 Å². The summed E-state index contributed by atoms with van der Waals surface area (Å²) in [6.45, 7) is 2.08. The molecule has 0 aromatic heterocycles. The monoisotopic (exact) mass is 468 g/mol. The highest BCUT2D eigenvalue weighted by molar-refractivity contribution is 6.31. The van der Waals surface area contributed by atoms with Crippen LogP contribution in [0.15, 0.2) is 66.7 Å². The Hall–Kier alpha value is -3.91. The molecule has 2 N–H and O–H groups in total. The number of hydrogen-bond acceptors (Lipinski definition) is 4. The van der Waals surface area contributed by atoms with Gasteiger partial charge in [0.05, 0.1) is 0 Å². The van der Waals surface area contributed by atoms with Crippen LogP contribution < -0.4 is 0 Å². The third-order valence-corrected chi connectivity index (χ3v) is 5.36. The van der Waals surface area contributed by atoms with Crippen molar-refractivity contribution >= 4 is 46.1 Å². The first-order valence-electron chi connectivity index (χ1n) is 10.1. The number of fused-ring (bicyclic) bond motifs is 1. The van der Waals surface area contributed by atoms with Crippen LogP contribution >= 0.6 is 11.6 Å². The lowest BCUT2D eigenvalue weighted by Gasteiger charge is -2.35. The number of benzene rings is 3. The van der Waals surface area contributed by atoms with Crippen molar-refractivity contribution in [2.45, 2.75) is 0 Å². The third-order valence-electron chi connectivity index (χ3n) is 5.13. The van der Waals surface area contributed by atoms with E-state index < -0.39 is 11.9 Å². The Morgan fingerprint density at radius 1 is 0.697 bits per heavy atom. The predicted octanol–water partition coefficient (Wildman–Crippen LogP) is 3.25. The summed E-state index contributed by atoms with van der Waals surface area (Å²) in [4.78, 5) is 47.4. The van der Waals surface area contributed by atoms with E-state index in [0.717, 1.165) is 10.8 Å². The molecule has 3 aromatic rings. The van der Waals surface area contributed by atoms with Crippen molar-refractivity contribution in [1.29, 1.82) is 0 Å². The molecule has 0 atom stereocenters. The summed E-state index contributed by atoms with van der Waals surface area (Å²) in [6, 6.07) is 20.7. The Labute approximate surface area is 194 Å². The van der Waals surface area contributed by atoms with E-state index in [1.807, 2.05) is 47.4 Å². The number of rotatable bonds is 2. The van der Waals surface area contributed by atoms with Crippen LogP contribution in [0.1, 0.15) is 20.7 Å². The number of carboxylic acids is 2. The van der Waals surface area contributed by atoms with Crippen molar-refractivity contribution in [3.63, 3.8) is 0 Å². The van der Waals surface area contributed by atoms with Crippen molar-refractivity contribution in [2.75, 3.05) is 26.2 Å². The van der Waals surface area contributed by atoms with E-state index in [2.05, 4.69) is 0 Å². The Morgan fingerprint density at radius 3 is 1.85 bits per heavy atom. The molecule has 0 saturated carbocycles. The molecule has 4 rings (SSSR count).